The summed E-state index contributed by atoms with van der Waals surface area (Å²) in [6, 6.07) is 9.09. The summed E-state index contributed by atoms with van der Waals surface area (Å²) in [5.74, 6) is -0.326. The number of aliphatic hydroxyl groups is 1. The standard InChI is InChI=1S/C17H19FO/c1-10-6-5-7-14(16(10)18)17(19)15-9-12(3)11(2)8-13(15)4/h5-9,17,19H,1-4H3. The van der Waals surface area contributed by atoms with Crippen LogP contribution in [0.2, 0.25) is 0 Å². The highest BCUT2D eigenvalue weighted by Gasteiger charge is 2.18. The van der Waals surface area contributed by atoms with E-state index in [2.05, 4.69) is 0 Å². The second-order valence-corrected chi connectivity index (χ2v) is 5.17. The number of aliphatic hydroxyl groups excluding tert-OH is 1. The van der Waals surface area contributed by atoms with Crippen LogP contribution in [0.3, 0.4) is 0 Å². The van der Waals surface area contributed by atoms with Crippen LogP contribution in [0.5, 0.6) is 0 Å². The Labute approximate surface area is 113 Å². The van der Waals surface area contributed by atoms with Gasteiger partial charge in [0.2, 0.25) is 0 Å². The maximum atomic E-state index is 14.1. The van der Waals surface area contributed by atoms with Crippen molar-refractivity contribution in [2.75, 3.05) is 0 Å². The zero-order valence-electron chi connectivity index (χ0n) is 11.8. The van der Waals surface area contributed by atoms with E-state index in [0.29, 0.717) is 11.1 Å². The van der Waals surface area contributed by atoms with Crippen LogP contribution in [0.15, 0.2) is 30.3 Å². The Bertz CT molecular complexity index is 617. The van der Waals surface area contributed by atoms with Gasteiger partial charge in [0.15, 0.2) is 0 Å². The minimum atomic E-state index is -0.917. The van der Waals surface area contributed by atoms with Gasteiger partial charge < -0.3 is 5.11 Å². The highest BCUT2D eigenvalue weighted by Crippen LogP contribution is 2.29. The van der Waals surface area contributed by atoms with Gasteiger partial charge in [-0.3, -0.25) is 0 Å². The van der Waals surface area contributed by atoms with Gasteiger partial charge in [-0.2, -0.15) is 0 Å². The third-order valence-electron chi connectivity index (χ3n) is 3.69. The SMILES string of the molecule is Cc1cc(C)c(C(O)c2cccc(C)c2F)cc1C. The zero-order valence-corrected chi connectivity index (χ0v) is 11.8. The molecular weight excluding hydrogens is 239 g/mol. The lowest BCUT2D eigenvalue weighted by atomic mass is 9.93. The Kier molecular flexibility index (Phi) is 3.72. The minimum absolute atomic E-state index is 0.326. The predicted octanol–water partition coefficient (Wildman–Crippen LogP) is 4.14. The van der Waals surface area contributed by atoms with Gasteiger partial charge in [-0.1, -0.05) is 30.3 Å². The van der Waals surface area contributed by atoms with E-state index in [1.165, 1.54) is 5.56 Å². The van der Waals surface area contributed by atoms with E-state index in [-0.39, 0.29) is 5.82 Å². The molecule has 0 aliphatic heterocycles. The number of hydrogen-bond donors (Lipinski definition) is 1. The van der Waals surface area contributed by atoms with Gasteiger partial charge in [0.05, 0.1) is 0 Å². The van der Waals surface area contributed by atoms with Gasteiger partial charge in [0.1, 0.15) is 11.9 Å². The number of hydrogen-bond acceptors (Lipinski definition) is 1. The quantitative estimate of drug-likeness (QED) is 0.858. The van der Waals surface area contributed by atoms with Crippen molar-refractivity contribution < 1.29 is 9.50 Å². The average molecular weight is 258 g/mol. The van der Waals surface area contributed by atoms with Crippen molar-refractivity contribution in [2.24, 2.45) is 0 Å². The molecule has 0 aliphatic carbocycles. The van der Waals surface area contributed by atoms with Gasteiger partial charge in [-0.05, 0) is 55.5 Å². The summed E-state index contributed by atoms with van der Waals surface area (Å²) in [6.45, 7) is 7.68. The average Bonchev–Trinajstić information content (AvgIpc) is 2.36. The zero-order chi connectivity index (χ0) is 14.2. The lowest BCUT2D eigenvalue weighted by molar-refractivity contribution is 0.214. The van der Waals surface area contributed by atoms with Crippen molar-refractivity contribution in [3.63, 3.8) is 0 Å². The molecule has 0 spiro atoms. The topological polar surface area (TPSA) is 20.2 Å². The largest absolute Gasteiger partial charge is 0.384 e. The summed E-state index contributed by atoms with van der Waals surface area (Å²) in [7, 11) is 0. The second kappa shape index (κ2) is 5.14. The summed E-state index contributed by atoms with van der Waals surface area (Å²) >= 11 is 0. The van der Waals surface area contributed by atoms with Gasteiger partial charge in [-0.15, -0.1) is 0 Å². The predicted molar refractivity (Wildman–Crippen MR) is 75.9 cm³/mol. The fraction of sp³-hybridized carbons (Fsp3) is 0.294. The summed E-state index contributed by atoms with van der Waals surface area (Å²) in [4.78, 5) is 0. The lowest BCUT2D eigenvalue weighted by Gasteiger charge is -2.17. The van der Waals surface area contributed by atoms with E-state index in [4.69, 9.17) is 0 Å². The van der Waals surface area contributed by atoms with Crippen molar-refractivity contribution in [1.82, 2.24) is 0 Å². The van der Waals surface area contributed by atoms with E-state index >= 15 is 0 Å². The molecule has 0 amide bonds. The number of aryl methyl sites for hydroxylation is 4. The van der Waals surface area contributed by atoms with Crippen LogP contribution in [-0.2, 0) is 0 Å². The molecule has 0 saturated heterocycles. The van der Waals surface area contributed by atoms with Gasteiger partial charge in [-0.25, -0.2) is 4.39 Å². The molecular formula is C17H19FO. The van der Waals surface area contributed by atoms with Gasteiger partial charge in [0.25, 0.3) is 0 Å². The van der Waals surface area contributed by atoms with Crippen molar-refractivity contribution in [3.05, 3.63) is 69.5 Å². The lowest BCUT2D eigenvalue weighted by Crippen LogP contribution is -2.06. The Balaban J connectivity index is 2.53. The van der Waals surface area contributed by atoms with E-state index in [1.807, 2.05) is 32.9 Å². The molecule has 2 rings (SSSR count). The molecule has 0 aromatic heterocycles. The molecule has 0 fully saturated rings. The maximum Gasteiger partial charge on any atom is 0.132 e. The van der Waals surface area contributed by atoms with E-state index in [9.17, 15) is 9.50 Å². The molecule has 2 aromatic rings. The van der Waals surface area contributed by atoms with Crippen LogP contribution in [0, 0.1) is 33.5 Å². The fourth-order valence-corrected chi connectivity index (χ4v) is 2.33. The van der Waals surface area contributed by atoms with Crippen molar-refractivity contribution >= 4 is 0 Å². The summed E-state index contributed by atoms with van der Waals surface area (Å²) in [5, 5.41) is 10.5. The third kappa shape index (κ3) is 2.54. The molecule has 0 saturated carbocycles. The molecule has 1 N–H and O–H groups in total. The first kappa shape index (κ1) is 13.8. The molecule has 2 heteroatoms. The van der Waals surface area contributed by atoms with Crippen molar-refractivity contribution in [2.45, 2.75) is 33.8 Å². The second-order valence-electron chi connectivity index (χ2n) is 5.17. The summed E-state index contributed by atoms with van der Waals surface area (Å²) in [5.41, 5.74) is 4.93. The fourth-order valence-electron chi connectivity index (χ4n) is 2.33. The number of benzene rings is 2. The summed E-state index contributed by atoms with van der Waals surface area (Å²) in [6.07, 6.45) is -0.917. The van der Waals surface area contributed by atoms with Crippen molar-refractivity contribution in [1.29, 1.82) is 0 Å². The Morgan fingerprint density at radius 2 is 1.47 bits per heavy atom. The molecule has 1 unspecified atom stereocenters. The minimum Gasteiger partial charge on any atom is -0.384 e. The van der Waals surface area contributed by atoms with Crippen LogP contribution in [0.4, 0.5) is 4.39 Å². The molecule has 1 nitrogen and oxygen atoms in total. The highest BCUT2D eigenvalue weighted by atomic mass is 19.1. The Morgan fingerprint density at radius 1 is 0.842 bits per heavy atom. The van der Waals surface area contributed by atoms with Gasteiger partial charge in [0, 0.05) is 5.56 Å². The normalized spacial score (nSPS) is 12.5. The van der Waals surface area contributed by atoms with Crippen LogP contribution >= 0.6 is 0 Å². The first-order valence-electron chi connectivity index (χ1n) is 6.42. The first-order valence-corrected chi connectivity index (χ1v) is 6.42. The van der Waals surface area contributed by atoms with E-state index in [1.54, 1.807) is 25.1 Å². The van der Waals surface area contributed by atoms with Crippen LogP contribution in [0.25, 0.3) is 0 Å². The maximum absolute atomic E-state index is 14.1. The molecule has 0 bridgehead atoms. The smallest absolute Gasteiger partial charge is 0.132 e. The van der Waals surface area contributed by atoms with Crippen LogP contribution < -0.4 is 0 Å². The van der Waals surface area contributed by atoms with Crippen LogP contribution in [0.1, 0.15) is 39.5 Å². The molecule has 1 atom stereocenters. The Morgan fingerprint density at radius 3 is 2.16 bits per heavy atom. The molecule has 0 radical (unpaired) electrons. The number of rotatable bonds is 2. The molecule has 2 aromatic carbocycles. The Hall–Kier alpha value is -1.67. The van der Waals surface area contributed by atoms with Gasteiger partial charge >= 0.3 is 0 Å². The van der Waals surface area contributed by atoms with E-state index < -0.39 is 6.10 Å². The molecule has 0 heterocycles. The highest BCUT2D eigenvalue weighted by molar-refractivity contribution is 5.42. The molecule has 19 heavy (non-hydrogen) atoms. The number of halogens is 1. The third-order valence-corrected chi connectivity index (χ3v) is 3.69. The monoisotopic (exact) mass is 258 g/mol. The first-order chi connectivity index (χ1) is 8.91. The summed E-state index contributed by atoms with van der Waals surface area (Å²) < 4.78 is 14.1. The van der Waals surface area contributed by atoms with E-state index in [0.717, 1.165) is 16.7 Å². The molecule has 0 aliphatic rings. The van der Waals surface area contributed by atoms with Crippen LogP contribution in [-0.4, -0.2) is 5.11 Å². The molecule has 100 valence electrons. The van der Waals surface area contributed by atoms with Crippen molar-refractivity contribution in [3.8, 4) is 0 Å².